The summed E-state index contributed by atoms with van der Waals surface area (Å²) in [7, 11) is 0. The summed E-state index contributed by atoms with van der Waals surface area (Å²) < 4.78 is 0. The molecule has 0 fully saturated rings. The zero-order valence-corrected chi connectivity index (χ0v) is 7.49. The molecule has 0 unspecified atom stereocenters. The number of hydrogen-bond acceptors (Lipinski definition) is 0. The molecule has 0 aromatic heterocycles. The normalized spacial score (nSPS) is 12.8. The van der Waals surface area contributed by atoms with Crippen molar-refractivity contribution in [3.63, 3.8) is 0 Å². The molecule has 0 aliphatic rings. The van der Waals surface area contributed by atoms with Crippen molar-refractivity contribution in [3.05, 3.63) is 35.9 Å². The van der Waals surface area contributed by atoms with E-state index in [-0.39, 0.29) is 0 Å². The average Bonchev–Trinajstić information content (AvgIpc) is 2.05. The van der Waals surface area contributed by atoms with Gasteiger partial charge in [-0.2, -0.15) is 0 Å². The Morgan fingerprint density at radius 2 is 1.92 bits per heavy atom. The Morgan fingerprint density at radius 1 is 1.25 bits per heavy atom. The summed E-state index contributed by atoms with van der Waals surface area (Å²) in [6.45, 7) is 1.73. The van der Waals surface area contributed by atoms with Crippen molar-refractivity contribution in [2.45, 2.75) is 32.3 Å². The summed E-state index contributed by atoms with van der Waals surface area (Å²) in [6, 6.07) is 10.3. The van der Waals surface area contributed by atoms with Crippen molar-refractivity contribution >= 4 is 0 Å². The number of hydrogen-bond donors (Lipinski definition) is 0. The average molecular weight is 163 g/mol. The van der Waals surface area contributed by atoms with Gasteiger partial charge in [-0.15, -0.1) is 0 Å². The third-order valence-corrected chi connectivity index (χ3v) is 1.92. The van der Waals surface area contributed by atoms with E-state index in [0.29, 0.717) is 0 Å². The monoisotopic (exact) mass is 163 g/mol. The van der Waals surface area contributed by atoms with E-state index in [0.717, 1.165) is 19.3 Å². The quantitative estimate of drug-likeness (QED) is 0.650. The lowest BCUT2D eigenvalue weighted by Crippen LogP contribution is -1.97. The number of aryl methyl sites for hydroxylation is 1. The van der Waals surface area contributed by atoms with E-state index in [1.54, 1.807) is 6.92 Å². The van der Waals surface area contributed by atoms with Gasteiger partial charge in [0.25, 0.3) is 0 Å². The van der Waals surface area contributed by atoms with Gasteiger partial charge in [-0.05, 0) is 31.7 Å². The molecule has 0 aliphatic carbocycles. The Labute approximate surface area is 74.1 Å². The molecule has 1 nitrogen and oxygen atoms in total. The molecule has 1 atom stereocenters. The summed E-state index contributed by atoms with van der Waals surface area (Å²) in [5.41, 5.74) is 1.33. The molecule has 0 saturated carbocycles. The molecule has 0 saturated heterocycles. The standard InChI is InChI=1S/C11H15O/c1-10(12)6-5-9-11-7-3-2-4-8-11/h2-4,7-8,10H,5-6,9H2,1H3/t10-/m1/s1. The van der Waals surface area contributed by atoms with Crippen molar-refractivity contribution in [2.24, 2.45) is 0 Å². The van der Waals surface area contributed by atoms with Crippen LogP contribution in [-0.2, 0) is 11.5 Å². The van der Waals surface area contributed by atoms with Crippen LogP contribution in [0, 0.1) is 0 Å². The SMILES string of the molecule is C[C@@H]([O])CCCc1ccccc1. The van der Waals surface area contributed by atoms with E-state index in [1.807, 2.05) is 18.2 Å². The molecule has 0 amide bonds. The molecule has 0 N–H and O–H groups in total. The second-order valence-electron chi connectivity index (χ2n) is 3.19. The van der Waals surface area contributed by atoms with Gasteiger partial charge in [0.15, 0.2) is 0 Å². The van der Waals surface area contributed by atoms with Crippen LogP contribution >= 0.6 is 0 Å². The van der Waals surface area contributed by atoms with Gasteiger partial charge in [0.2, 0.25) is 0 Å². The molecule has 1 aromatic carbocycles. The molecule has 0 heterocycles. The van der Waals surface area contributed by atoms with Gasteiger partial charge in [-0.3, -0.25) is 0 Å². The third kappa shape index (κ3) is 3.54. The third-order valence-electron chi connectivity index (χ3n) is 1.92. The summed E-state index contributed by atoms with van der Waals surface area (Å²) in [5.74, 6) is 0. The van der Waals surface area contributed by atoms with Gasteiger partial charge >= 0.3 is 0 Å². The Bertz CT molecular complexity index is 204. The van der Waals surface area contributed by atoms with Crippen molar-refractivity contribution in [3.8, 4) is 0 Å². The summed E-state index contributed by atoms with van der Waals surface area (Å²) >= 11 is 0. The van der Waals surface area contributed by atoms with Crippen LogP contribution in [0.4, 0.5) is 0 Å². The Kier molecular flexibility index (Phi) is 3.81. The van der Waals surface area contributed by atoms with Gasteiger partial charge in [-0.1, -0.05) is 30.3 Å². The lowest BCUT2D eigenvalue weighted by atomic mass is 10.1. The predicted molar refractivity (Wildman–Crippen MR) is 49.5 cm³/mol. The molecular formula is C11H15O. The largest absolute Gasteiger partial charge is 0.233 e. The van der Waals surface area contributed by atoms with Crippen molar-refractivity contribution in [1.29, 1.82) is 0 Å². The van der Waals surface area contributed by atoms with E-state index in [4.69, 9.17) is 0 Å². The predicted octanol–water partition coefficient (Wildman–Crippen LogP) is 2.83. The van der Waals surface area contributed by atoms with Gasteiger partial charge in [-0.25, -0.2) is 5.11 Å². The Balaban J connectivity index is 2.25. The summed E-state index contributed by atoms with van der Waals surface area (Å²) in [5, 5.41) is 10.7. The van der Waals surface area contributed by atoms with Crippen molar-refractivity contribution in [1.82, 2.24) is 0 Å². The van der Waals surface area contributed by atoms with Crippen LogP contribution in [0.25, 0.3) is 0 Å². The van der Waals surface area contributed by atoms with E-state index in [9.17, 15) is 5.11 Å². The lowest BCUT2D eigenvalue weighted by Gasteiger charge is -2.01. The fraction of sp³-hybridized carbons (Fsp3) is 0.455. The second kappa shape index (κ2) is 4.94. The Hall–Kier alpha value is -0.820. The topological polar surface area (TPSA) is 19.9 Å². The number of benzene rings is 1. The van der Waals surface area contributed by atoms with Crippen LogP contribution in [0.3, 0.4) is 0 Å². The maximum absolute atomic E-state index is 10.7. The summed E-state index contributed by atoms with van der Waals surface area (Å²) in [6.07, 6.45) is 2.42. The molecule has 0 bridgehead atoms. The van der Waals surface area contributed by atoms with Crippen LogP contribution in [0.15, 0.2) is 30.3 Å². The molecule has 0 spiro atoms. The smallest absolute Gasteiger partial charge is 0.0902 e. The van der Waals surface area contributed by atoms with E-state index < -0.39 is 6.10 Å². The highest BCUT2D eigenvalue weighted by molar-refractivity contribution is 5.14. The molecule has 1 rings (SSSR count). The van der Waals surface area contributed by atoms with E-state index in [2.05, 4.69) is 12.1 Å². The fourth-order valence-corrected chi connectivity index (χ4v) is 1.24. The molecule has 0 aliphatic heterocycles. The first kappa shape index (κ1) is 9.27. The van der Waals surface area contributed by atoms with Crippen LogP contribution in [-0.4, -0.2) is 6.10 Å². The van der Waals surface area contributed by atoms with Crippen LogP contribution < -0.4 is 0 Å². The zero-order chi connectivity index (χ0) is 8.81. The van der Waals surface area contributed by atoms with E-state index in [1.165, 1.54) is 5.56 Å². The van der Waals surface area contributed by atoms with Gasteiger partial charge < -0.3 is 0 Å². The molecule has 1 radical (unpaired) electrons. The maximum atomic E-state index is 10.7. The first-order valence-electron chi connectivity index (χ1n) is 4.49. The number of rotatable bonds is 4. The van der Waals surface area contributed by atoms with Crippen LogP contribution in [0.1, 0.15) is 25.3 Å². The molecule has 65 valence electrons. The Morgan fingerprint density at radius 3 is 2.50 bits per heavy atom. The zero-order valence-electron chi connectivity index (χ0n) is 7.49. The molecular weight excluding hydrogens is 148 g/mol. The summed E-state index contributed by atoms with van der Waals surface area (Å²) in [4.78, 5) is 0. The first-order valence-corrected chi connectivity index (χ1v) is 4.49. The van der Waals surface area contributed by atoms with E-state index >= 15 is 0 Å². The van der Waals surface area contributed by atoms with Gasteiger partial charge in [0.05, 0.1) is 6.10 Å². The van der Waals surface area contributed by atoms with Gasteiger partial charge in [0, 0.05) is 0 Å². The minimum Gasteiger partial charge on any atom is -0.233 e. The lowest BCUT2D eigenvalue weighted by molar-refractivity contribution is 0.0958. The molecule has 1 aromatic rings. The molecule has 12 heavy (non-hydrogen) atoms. The van der Waals surface area contributed by atoms with Crippen molar-refractivity contribution < 1.29 is 5.11 Å². The minimum absolute atomic E-state index is 0.409. The van der Waals surface area contributed by atoms with Gasteiger partial charge in [0.1, 0.15) is 0 Å². The van der Waals surface area contributed by atoms with Crippen LogP contribution in [0.5, 0.6) is 0 Å². The van der Waals surface area contributed by atoms with Crippen molar-refractivity contribution in [2.75, 3.05) is 0 Å². The minimum atomic E-state index is -0.409. The van der Waals surface area contributed by atoms with Crippen LogP contribution in [0.2, 0.25) is 0 Å². The maximum Gasteiger partial charge on any atom is 0.0902 e. The second-order valence-corrected chi connectivity index (χ2v) is 3.19. The first-order chi connectivity index (χ1) is 5.79. The highest BCUT2D eigenvalue weighted by Gasteiger charge is 1.97. The molecule has 1 heteroatoms. The highest BCUT2D eigenvalue weighted by Crippen LogP contribution is 2.05. The highest BCUT2D eigenvalue weighted by atomic mass is 16.3. The fourth-order valence-electron chi connectivity index (χ4n) is 1.24.